The molecule has 1 N–H and O–H groups in total. The first-order valence-electron chi connectivity index (χ1n) is 7.22. The molecule has 0 aromatic heterocycles. The lowest BCUT2D eigenvalue weighted by Crippen LogP contribution is -2.34. The number of anilines is 1. The molecule has 1 aliphatic rings. The van der Waals surface area contributed by atoms with Crippen LogP contribution in [0.5, 0.6) is 0 Å². The van der Waals surface area contributed by atoms with Crippen molar-refractivity contribution in [1.82, 2.24) is 0 Å². The Balaban J connectivity index is 1.64. The lowest BCUT2D eigenvalue weighted by molar-refractivity contribution is 0.373. The molecule has 0 bridgehead atoms. The number of nitrogens with one attached hydrogen (secondary N) is 1. The van der Waals surface area contributed by atoms with Crippen LogP contribution in [-0.2, 0) is 0 Å². The summed E-state index contributed by atoms with van der Waals surface area (Å²) in [7, 11) is 0. The van der Waals surface area contributed by atoms with E-state index in [0.717, 1.165) is 5.92 Å². The summed E-state index contributed by atoms with van der Waals surface area (Å²) in [4.78, 5) is 0. The van der Waals surface area contributed by atoms with E-state index in [1.807, 2.05) is 0 Å². The van der Waals surface area contributed by atoms with Crippen molar-refractivity contribution in [2.45, 2.75) is 38.6 Å². The smallest absolute Gasteiger partial charge is 0.0489 e. The molecule has 0 heterocycles. The summed E-state index contributed by atoms with van der Waals surface area (Å²) in [6, 6.07) is 15.8. The zero-order chi connectivity index (χ0) is 14.1. The van der Waals surface area contributed by atoms with Crippen molar-refractivity contribution < 1.29 is 0 Å². The highest BCUT2D eigenvalue weighted by Crippen LogP contribution is 2.40. The van der Waals surface area contributed by atoms with E-state index in [-0.39, 0.29) is 0 Å². The molecule has 0 amide bonds. The van der Waals surface area contributed by atoms with Crippen LogP contribution in [0.3, 0.4) is 0 Å². The van der Waals surface area contributed by atoms with E-state index in [4.69, 9.17) is 0 Å². The Kier molecular flexibility index (Phi) is 3.84. The third-order valence-electron chi connectivity index (χ3n) is 4.32. The van der Waals surface area contributed by atoms with Crippen LogP contribution < -0.4 is 5.32 Å². The van der Waals surface area contributed by atoms with Crippen molar-refractivity contribution in [1.29, 1.82) is 0 Å². The lowest BCUT2D eigenvalue weighted by atomic mass is 9.74. The molecule has 0 spiro atoms. The van der Waals surface area contributed by atoms with Crippen molar-refractivity contribution >= 4 is 21.6 Å². The first kappa shape index (κ1) is 13.7. The molecule has 0 atom stereocenters. The maximum absolute atomic E-state index is 3.67. The van der Waals surface area contributed by atoms with Crippen LogP contribution in [0.1, 0.15) is 35.4 Å². The van der Waals surface area contributed by atoms with Gasteiger partial charge < -0.3 is 5.32 Å². The van der Waals surface area contributed by atoms with Gasteiger partial charge in [0.25, 0.3) is 0 Å². The molecule has 0 saturated heterocycles. The fourth-order valence-corrected chi connectivity index (χ4v) is 3.39. The van der Waals surface area contributed by atoms with Crippen molar-refractivity contribution in [3.8, 4) is 0 Å². The van der Waals surface area contributed by atoms with Gasteiger partial charge in [-0.3, -0.25) is 0 Å². The van der Waals surface area contributed by atoms with Gasteiger partial charge in [0.1, 0.15) is 0 Å². The standard InChI is InChI=1S/C18H20BrN/c1-12-6-3-4-8-16(12)14-10-15(11-14)20-17-9-5-7-13(2)18(17)19/h3-9,14-15,20H,10-11H2,1-2H3. The topological polar surface area (TPSA) is 12.0 Å². The van der Waals surface area contributed by atoms with Crippen LogP contribution in [0.25, 0.3) is 0 Å². The Labute approximate surface area is 129 Å². The van der Waals surface area contributed by atoms with E-state index >= 15 is 0 Å². The largest absolute Gasteiger partial charge is 0.381 e. The van der Waals surface area contributed by atoms with E-state index in [1.54, 1.807) is 0 Å². The van der Waals surface area contributed by atoms with Crippen LogP contribution in [0.4, 0.5) is 5.69 Å². The number of rotatable bonds is 3. The van der Waals surface area contributed by atoms with Crippen LogP contribution in [0.15, 0.2) is 46.9 Å². The molecule has 0 aliphatic heterocycles. The summed E-state index contributed by atoms with van der Waals surface area (Å²) in [5.41, 5.74) is 5.45. The molecule has 104 valence electrons. The Hall–Kier alpha value is -1.28. The van der Waals surface area contributed by atoms with Gasteiger partial charge in [-0.05, 0) is 71.3 Å². The fourth-order valence-electron chi connectivity index (χ4n) is 3.01. The number of benzene rings is 2. The molecule has 1 saturated carbocycles. The molecule has 2 aromatic carbocycles. The molecule has 0 unspecified atom stereocenters. The van der Waals surface area contributed by atoms with Gasteiger partial charge in [0, 0.05) is 16.2 Å². The molecule has 2 aromatic rings. The second kappa shape index (κ2) is 5.61. The third kappa shape index (κ3) is 2.62. The van der Waals surface area contributed by atoms with Crippen LogP contribution in [0.2, 0.25) is 0 Å². The Bertz CT molecular complexity index is 615. The van der Waals surface area contributed by atoms with Gasteiger partial charge in [-0.1, -0.05) is 36.4 Å². The maximum Gasteiger partial charge on any atom is 0.0489 e. The Morgan fingerprint density at radius 1 is 0.950 bits per heavy atom. The van der Waals surface area contributed by atoms with Gasteiger partial charge in [0.15, 0.2) is 0 Å². The highest BCUT2D eigenvalue weighted by molar-refractivity contribution is 9.10. The van der Waals surface area contributed by atoms with Crippen LogP contribution in [-0.4, -0.2) is 6.04 Å². The average Bonchev–Trinajstić information content (AvgIpc) is 2.39. The van der Waals surface area contributed by atoms with E-state index in [0.29, 0.717) is 6.04 Å². The fraction of sp³-hybridized carbons (Fsp3) is 0.333. The summed E-state index contributed by atoms with van der Waals surface area (Å²) in [5.74, 6) is 0.720. The molecule has 3 rings (SSSR count). The Morgan fingerprint density at radius 3 is 2.40 bits per heavy atom. The molecule has 1 nitrogen and oxygen atoms in total. The minimum atomic E-state index is 0.595. The predicted octanol–water partition coefficient (Wildman–Crippen LogP) is 5.42. The summed E-state index contributed by atoms with van der Waals surface area (Å²) < 4.78 is 1.19. The van der Waals surface area contributed by atoms with E-state index in [2.05, 4.69) is 77.6 Å². The van der Waals surface area contributed by atoms with Gasteiger partial charge in [0.2, 0.25) is 0 Å². The first-order chi connectivity index (χ1) is 9.65. The van der Waals surface area contributed by atoms with Crippen LogP contribution >= 0.6 is 15.9 Å². The molecule has 1 aliphatic carbocycles. The third-order valence-corrected chi connectivity index (χ3v) is 5.37. The van der Waals surface area contributed by atoms with Crippen molar-refractivity contribution in [2.75, 3.05) is 5.32 Å². The number of hydrogen-bond acceptors (Lipinski definition) is 1. The molecule has 20 heavy (non-hydrogen) atoms. The van der Waals surface area contributed by atoms with Crippen molar-refractivity contribution in [2.24, 2.45) is 0 Å². The zero-order valence-electron chi connectivity index (χ0n) is 12.0. The average molecular weight is 330 g/mol. The normalized spacial score (nSPS) is 21.4. The van der Waals surface area contributed by atoms with Gasteiger partial charge in [-0.2, -0.15) is 0 Å². The SMILES string of the molecule is Cc1ccccc1C1CC(Nc2cccc(C)c2Br)C1. The highest BCUT2D eigenvalue weighted by atomic mass is 79.9. The monoisotopic (exact) mass is 329 g/mol. The summed E-state index contributed by atoms with van der Waals surface area (Å²) in [5, 5.41) is 3.66. The minimum absolute atomic E-state index is 0.595. The zero-order valence-corrected chi connectivity index (χ0v) is 13.6. The van der Waals surface area contributed by atoms with Gasteiger partial charge >= 0.3 is 0 Å². The van der Waals surface area contributed by atoms with E-state index in [1.165, 1.54) is 39.7 Å². The predicted molar refractivity (Wildman–Crippen MR) is 89.4 cm³/mol. The summed E-state index contributed by atoms with van der Waals surface area (Å²) >= 11 is 3.67. The molecule has 0 radical (unpaired) electrons. The van der Waals surface area contributed by atoms with Crippen molar-refractivity contribution in [3.63, 3.8) is 0 Å². The second-order valence-electron chi connectivity index (χ2n) is 5.80. The summed E-state index contributed by atoms with van der Waals surface area (Å²) in [6.07, 6.45) is 2.45. The lowest BCUT2D eigenvalue weighted by Gasteiger charge is -2.38. The molecular formula is C18H20BrN. The first-order valence-corrected chi connectivity index (χ1v) is 8.01. The summed E-state index contributed by atoms with van der Waals surface area (Å²) in [6.45, 7) is 4.35. The molecule has 1 fully saturated rings. The molecular weight excluding hydrogens is 310 g/mol. The minimum Gasteiger partial charge on any atom is -0.381 e. The number of halogens is 1. The molecule has 2 heteroatoms. The van der Waals surface area contributed by atoms with E-state index < -0.39 is 0 Å². The second-order valence-corrected chi connectivity index (χ2v) is 6.60. The quantitative estimate of drug-likeness (QED) is 0.792. The maximum atomic E-state index is 3.67. The van der Waals surface area contributed by atoms with Crippen molar-refractivity contribution in [3.05, 3.63) is 63.6 Å². The number of aryl methyl sites for hydroxylation is 2. The number of hydrogen-bond donors (Lipinski definition) is 1. The van der Waals surface area contributed by atoms with Gasteiger partial charge in [0.05, 0.1) is 0 Å². The Morgan fingerprint density at radius 2 is 1.65 bits per heavy atom. The van der Waals surface area contributed by atoms with E-state index in [9.17, 15) is 0 Å². The highest BCUT2D eigenvalue weighted by Gasteiger charge is 2.31. The van der Waals surface area contributed by atoms with Gasteiger partial charge in [-0.25, -0.2) is 0 Å². The van der Waals surface area contributed by atoms with Crippen LogP contribution in [0, 0.1) is 13.8 Å². The van der Waals surface area contributed by atoms with Gasteiger partial charge in [-0.15, -0.1) is 0 Å².